The van der Waals surface area contributed by atoms with Crippen molar-refractivity contribution in [3.8, 4) is 0 Å². The maximum Gasteiger partial charge on any atom is 0.142 e. The van der Waals surface area contributed by atoms with Gasteiger partial charge in [-0.3, -0.25) is 4.79 Å². The third-order valence-corrected chi connectivity index (χ3v) is 4.52. The van der Waals surface area contributed by atoms with Crippen molar-refractivity contribution in [2.75, 3.05) is 0 Å². The number of Topliss-reactive ketones (excluding diaryl/α,β-unsaturated/α-hetero) is 1. The highest BCUT2D eigenvalue weighted by Crippen LogP contribution is 2.54. The molecule has 0 aliphatic heterocycles. The summed E-state index contributed by atoms with van der Waals surface area (Å²) in [6.07, 6.45) is 3.66. The first kappa shape index (κ1) is 11.2. The van der Waals surface area contributed by atoms with Gasteiger partial charge in [0.15, 0.2) is 0 Å². The minimum Gasteiger partial charge on any atom is -0.299 e. The summed E-state index contributed by atoms with van der Waals surface area (Å²) >= 11 is 5.85. The smallest absolute Gasteiger partial charge is 0.142 e. The van der Waals surface area contributed by atoms with Crippen molar-refractivity contribution in [3.05, 3.63) is 34.6 Å². The summed E-state index contributed by atoms with van der Waals surface area (Å²) in [5, 5.41) is 0.101. The van der Waals surface area contributed by atoms with Crippen LogP contribution in [0.2, 0.25) is 5.02 Å². The molecule has 1 aromatic carbocycles. The molecule has 0 amide bonds. The molecule has 0 radical (unpaired) electrons. The Morgan fingerprint density at radius 2 is 2.00 bits per heavy atom. The largest absolute Gasteiger partial charge is 0.299 e. The monoisotopic (exact) mass is 252 g/mol. The molecule has 0 heterocycles. The summed E-state index contributed by atoms with van der Waals surface area (Å²) in [6, 6.07) is 4.66. The lowest BCUT2D eigenvalue weighted by molar-refractivity contribution is -0.122. The molecule has 17 heavy (non-hydrogen) atoms. The lowest BCUT2D eigenvalue weighted by Crippen LogP contribution is -2.15. The molecule has 0 N–H and O–H groups in total. The molecule has 2 aliphatic carbocycles. The van der Waals surface area contributed by atoms with Crippen molar-refractivity contribution < 1.29 is 9.18 Å². The Labute approximate surface area is 105 Å². The van der Waals surface area contributed by atoms with Gasteiger partial charge in [0.25, 0.3) is 0 Å². The average molecular weight is 253 g/mol. The van der Waals surface area contributed by atoms with Crippen LogP contribution in [0.15, 0.2) is 18.2 Å². The number of hydrogen-bond donors (Lipinski definition) is 0. The quantitative estimate of drug-likeness (QED) is 0.803. The zero-order chi connectivity index (χ0) is 12.0. The number of hydrogen-bond acceptors (Lipinski definition) is 1. The molecular weight excluding hydrogens is 239 g/mol. The van der Waals surface area contributed by atoms with E-state index in [1.807, 2.05) is 0 Å². The van der Waals surface area contributed by atoms with Crippen molar-refractivity contribution in [1.29, 1.82) is 0 Å². The van der Waals surface area contributed by atoms with Gasteiger partial charge in [-0.05, 0) is 42.7 Å². The van der Waals surface area contributed by atoms with Gasteiger partial charge in [-0.25, -0.2) is 4.39 Å². The third-order valence-electron chi connectivity index (χ3n) is 4.10. The van der Waals surface area contributed by atoms with Crippen LogP contribution in [0.4, 0.5) is 4.39 Å². The van der Waals surface area contributed by atoms with E-state index in [1.54, 1.807) is 12.1 Å². The van der Waals surface area contributed by atoms with E-state index in [4.69, 9.17) is 11.6 Å². The number of carbonyl (C=O) groups is 1. The van der Waals surface area contributed by atoms with Crippen molar-refractivity contribution in [2.24, 2.45) is 17.8 Å². The molecule has 3 rings (SSSR count). The summed E-state index contributed by atoms with van der Waals surface area (Å²) in [6.45, 7) is 0. The maximum atomic E-state index is 13.2. The number of carbonyl (C=O) groups excluding carboxylic acids is 1. The Balaban J connectivity index is 1.69. The minimum atomic E-state index is -0.439. The van der Waals surface area contributed by atoms with Crippen LogP contribution in [0.5, 0.6) is 0 Å². The van der Waals surface area contributed by atoms with E-state index in [0.29, 0.717) is 5.56 Å². The van der Waals surface area contributed by atoms with Gasteiger partial charge < -0.3 is 0 Å². The van der Waals surface area contributed by atoms with Gasteiger partial charge in [-0.2, -0.15) is 0 Å². The zero-order valence-corrected chi connectivity index (χ0v) is 10.2. The van der Waals surface area contributed by atoms with E-state index < -0.39 is 5.82 Å². The highest BCUT2D eigenvalue weighted by Gasteiger charge is 2.47. The fraction of sp³-hybridized carbons (Fsp3) is 0.500. The molecule has 2 atom stereocenters. The van der Waals surface area contributed by atoms with Gasteiger partial charge in [0.2, 0.25) is 0 Å². The highest BCUT2D eigenvalue weighted by atomic mass is 35.5. The van der Waals surface area contributed by atoms with Crippen LogP contribution in [-0.2, 0) is 11.2 Å². The van der Waals surface area contributed by atoms with E-state index in [1.165, 1.54) is 12.5 Å². The molecule has 0 bridgehead atoms. The van der Waals surface area contributed by atoms with Crippen molar-refractivity contribution >= 4 is 17.4 Å². The van der Waals surface area contributed by atoms with Crippen molar-refractivity contribution in [3.63, 3.8) is 0 Å². The molecule has 90 valence electrons. The van der Waals surface area contributed by atoms with Crippen molar-refractivity contribution in [1.82, 2.24) is 0 Å². The van der Waals surface area contributed by atoms with Gasteiger partial charge in [0.1, 0.15) is 11.6 Å². The van der Waals surface area contributed by atoms with Crippen LogP contribution >= 0.6 is 11.6 Å². The minimum absolute atomic E-state index is 0.101. The van der Waals surface area contributed by atoms with Gasteiger partial charge in [-0.15, -0.1) is 0 Å². The number of fused-ring (bicyclic) bond motifs is 1. The third kappa shape index (κ3) is 2.11. The van der Waals surface area contributed by atoms with Crippen LogP contribution in [0.1, 0.15) is 24.8 Å². The first-order chi connectivity index (χ1) is 8.15. The van der Waals surface area contributed by atoms with Crippen LogP contribution in [-0.4, -0.2) is 5.78 Å². The molecule has 1 aromatic rings. The number of benzene rings is 1. The summed E-state index contributed by atoms with van der Waals surface area (Å²) in [5.41, 5.74) is 0.622. The fourth-order valence-corrected chi connectivity index (χ4v) is 3.19. The Hall–Kier alpha value is -0.890. The number of rotatable bonds is 3. The molecule has 0 spiro atoms. The number of halogens is 2. The van der Waals surface area contributed by atoms with E-state index in [-0.39, 0.29) is 23.1 Å². The highest BCUT2D eigenvalue weighted by molar-refractivity contribution is 6.31. The van der Waals surface area contributed by atoms with E-state index in [2.05, 4.69) is 0 Å². The first-order valence-electron chi connectivity index (χ1n) is 6.10. The lowest BCUT2D eigenvalue weighted by atomic mass is 9.93. The second-order valence-electron chi connectivity index (χ2n) is 5.28. The van der Waals surface area contributed by atoms with Crippen LogP contribution in [0.25, 0.3) is 0 Å². The molecule has 3 heteroatoms. The predicted octanol–water partition coefficient (Wildman–Crippen LogP) is 3.64. The van der Waals surface area contributed by atoms with E-state index >= 15 is 0 Å². The molecule has 2 unspecified atom stereocenters. The van der Waals surface area contributed by atoms with Crippen LogP contribution in [0.3, 0.4) is 0 Å². The predicted molar refractivity (Wildman–Crippen MR) is 64.4 cm³/mol. The van der Waals surface area contributed by atoms with Crippen molar-refractivity contribution in [2.45, 2.75) is 25.7 Å². The summed E-state index contributed by atoms with van der Waals surface area (Å²) < 4.78 is 13.2. The SMILES string of the molecule is O=C(Cc1cccc(F)c1Cl)C1CC2CC2C1. The molecule has 2 aliphatic rings. The summed E-state index contributed by atoms with van der Waals surface area (Å²) in [7, 11) is 0. The van der Waals surface area contributed by atoms with Crippen LogP contribution in [0, 0.1) is 23.6 Å². The van der Waals surface area contributed by atoms with Crippen LogP contribution < -0.4 is 0 Å². The second-order valence-corrected chi connectivity index (χ2v) is 5.66. The summed E-state index contributed by atoms with van der Waals surface area (Å²) in [5.74, 6) is 1.58. The average Bonchev–Trinajstić information content (AvgIpc) is 2.92. The molecule has 0 saturated heterocycles. The maximum absolute atomic E-state index is 13.2. The molecule has 0 aromatic heterocycles. The Morgan fingerprint density at radius 3 is 2.71 bits per heavy atom. The normalized spacial score (nSPS) is 30.1. The zero-order valence-electron chi connectivity index (χ0n) is 9.46. The van der Waals surface area contributed by atoms with Gasteiger partial charge in [0, 0.05) is 12.3 Å². The molecular formula is C14H14ClFO. The Bertz CT molecular complexity index is 461. The molecule has 2 fully saturated rings. The second kappa shape index (κ2) is 4.09. The fourth-order valence-electron chi connectivity index (χ4n) is 2.99. The van der Waals surface area contributed by atoms with Gasteiger partial charge in [0.05, 0.1) is 5.02 Å². The van der Waals surface area contributed by atoms with E-state index in [0.717, 1.165) is 24.7 Å². The van der Waals surface area contributed by atoms with Gasteiger partial charge >= 0.3 is 0 Å². The summed E-state index contributed by atoms with van der Waals surface area (Å²) in [4.78, 5) is 12.1. The Kier molecular flexibility index (Phi) is 2.70. The van der Waals surface area contributed by atoms with Gasteiger partial charge in [-0.1, -0.05) is 23.7 Å². The molecule has 1 nitrogen and oxygen atoms in total. The Morgan fingerprint density at radius 1 is 1.29 bits per heavy atom. The number of ketones is 1. The topological polar surface area (TPSA) is 17.1 Å². The first-order valence-corrected chi connectivity index (χ1v) is 6.48. The molecule has 2 saturated carbocycles. The van der Waals surface area contributed by atoms with E-state index in [9.17, 15) is 9.18 Å². The standard InChI is InChI=1S/C14H14ClFO/c15-14-8(2-1-3-12(14)16)7-13(17)11-5-9-4-10(9)6-11/h1-3,9-11H,4-7H2. The lowest BCUT2D eigenvalue weighted by Gasteiger charge is -2.11.